The third-order valence-electron chi connectivity index (χ3n) is 2.51. The molecule has 2 aromatic rings. The van der Waals surface area contributed by atoms with Crippen molar-refractivity contribution in [3.8, 4) is 0 Å². The van der Waals surface area contributed by atoms with E-state index < -0.39 is 4.92 Å². The van der Waals surface area contributed by atoms with Crippen molar-refractivity contribution in [1.82, 2.24) is 4.98 Å². The molecular weight excluding hydrogens is 266 g/mol. The molecule has 0 spiro atoms. The largest absolute Gasteiger partial charge is 0.379 e. The minimum absolute atomic E-state index is 0.0517. The van der Waals surface area contributed by atoms with Crippen molar-refractivity contribution in [1.29, 1.82) is 0 Å². The van der Waals surface area contributed by atoms with E-state index in [0.717, 1.165) is 11.4 Å². The van der Waals surface area contributed by atoms with E-state index in [2.05, 4.69) is 15.7 Å². The first-order chi connectivity index (χ1) is 9.22. The molecule has 0 aliphatic heterocycles. The number of nitrogens with two attached hydrogens (primary N) is 1. The number of aromatic nitrogens is 1. The lowest BCUT2D eigenvalue weighted by Gasteiger charge is -2.09. The Morgan fingerprint density at radius 2 is 2.21 bits per heavy atom. The van der Waals surface area contributed by atoms with E-state index in [9.17, 15) is 10.1 Å². The van der Waals surface area contributed by atoms with Crippen LogP contribution in [-0.2, 0) is 6.42 Å². The maximum Gasteiger partial charge on any atom is 0.316 e. The van der Waals surface area contributed by atoms with E-state index in [0.29, 0.717) is 12.2 Å². The van der Waals surface area contributed by atoms with Gasteiger partial charge in [0.2, 0.25) is 0 Å². The van der Waals surface area contributed by atoms with Gasteiger partial charge in [-0.05, 0) is 12.1 Å². The summed E-state index contributed by atoms with van der Waals surface area (Å²) in [6.07, 6.45) is 2.45. The van der Waals surface area contributed by atoms with Crippen molar-refractivity contribution in [2.24, 2.45) is 5.84 Å². The number of nitrogens with one attached hydrogen (secondary N) is 2. The molecule has 8 heteroatoms. The topological polar surface area (TPSA) is 106 Å². The second-order valence-electron chi connectivity index (χ2n) is 3.71. The molecule has 7 nitrogen and oxygen atoms in total. The molecule has 0 aliphatic carbocycles. The van der Waals surface area contributed by atoms with Gasteiger partial charge in [0, 0.05) is 24.5 Å². The first kappa shape index (κ1) is 13.2. The van der Waals surface area contributed by atoms with Crippen molar-refractivity contribution < 1.29 is 4.92 Å². The number of nitrogen functional groups attached to an aromatic ring is 1. The van der Waals surface area contributed by atoms with Crippen LogP contribution in [0.15, 0.2) is 29.8 Å². The number of nitro benzene ring substituents is 1. The van der Waals surface area contributed by atoms with Crippen LogP contribution in [0.3, 0.4) is 0 Å². The van der Waals surface area contributed by atoms with E-state index in [1.165, 1.54) is 0 Å². The highest BCUT2D eigenvalue weighted by Crippen LogP contribution is 2.31. The van der Waals surface area contributed by atoms with Crippen molar-refractivity contribution in [3.05, 3.63) is 44.9 Å². The van der Waals surface area contributed by atoms with Gasteiger partial charge in [0.25, 0.3) is 0 Å². The number of hydrogen-bond donors (Lipinski definition) is 3. The minimum atomic E-state index is -0.457. The zero-order valence-corrected chi connectivity index (χ0v) is 10.8. The average Bonchev–Trinajstić information content (AvgIpc) is 2.91. The molecule has 0 amide bonds. The van der Waals surface area contributed by atoms with Gasteiger partial charge in [-0.15, -0.1) is 11.3 Å². The number of nitrogens with zero attached hydrogens (tertiary/aromatic N) is 2. The SMILES string of the molecule is NNc1cccc(NCCc2nccs2)c1[N+](=O)[O-]. The minimum Gasteiger partial charge on any atom is -0.379 e. The molecule has 0 saturated heterocycles. The molecule has 2 rings (SSSR count). The van der Waals surface area contributed by atoms with Crippen molar-refractivity contribution in [2.45, 2.75) is 6.42 Å². The molecule has 0 fully saturated rings. The fourth-order valence-electron chi connectivity index (χ4n) is 1.68. The molecule has 1 heterocycles. The second kappa shape index (κ2) is 6.12. The lowest BCUT2D eigenvalue weighted by molar-refractivity contribution is -0.383. The van der Waals surface area contributed by atoms with Gasteiger partial charge in [-0.2, -0.15) is 0 Å². The average molecular weight is 279 g/mol. The molecule has 0 radical (unpaired) electrons. The molecular formula is C11H13N5O2S. The van der Waals surface area contributed by atoms with Gasteiger partial charge in [-0.1, -0.05) is 6.07 Å². The molecule has 19 heavy (non-hydrogen) atoms. The van der Waals surface area contributed by atoms with E-state index >= 15 is 0 Å². The summed E-state index contributed by atoms with van der Waals surface area (Å²) in [5, 5.41) is 17.0. The molecule has 0 unspecified atom stereocenters. The molecule has 1 aromatic carbocycles. The summed E-state index contributed by atoms with van der Waals surface area (Å²) in [7, 11) is 0. The Balaban J connectivity index is 2.09. The van der Waals surface area contributed by atoms with Crippen LogP contribution in [0.25, 0.3) is 0 Å². The summed E-state index contributed by atoms with van der Waals surface area (Å²) in [5.74, 6) is 5.27. The summed E-state index contributed by atoms with van der Waals surface area (Å²) in [6.45, 7) is 0.572. The van der Waals surface area contributed by atoms with E-state index in [1.807, 2.05) is 5.38 Å². The molecule has 1 aromatic heterocycles. The molecule has 0 bridgehead atoms. The standard InChI is InChI=1S/C11H13N5O2S/c12-15-9-3-1-2-8(11(9)16(17)18)13-5-4-10-14-6-7-19-10/h1-3,6-7,13,15H,4-5,12H2. The van der Waals surface area contributed by atoms with Gasteiger partial charge in [-0.25, -0.2) is 4.98 Å². The van der Waals surface area contributed by atoms with Crippen molar-refractivity contribution in [3.63, 3.8) is 0 Å². The fourth-order valence-corrected chi connectivity index (χ4v) is 2.30. The third kappa shape index (κ3) is 3.18. The number of para-hydroxylation sites is 1. The summed E-state index contributed by atoms with van der Waals surface area (Å²) < 4.78 is 0. The summed E-state index contributed by atoms with van der Waals surface area (Å²) in [5.41, 5.74) is 3.00. The summed E-state index contributed by atoms with van der Waals surface area (Å²) >= 11 is 1.56. The van der Waals surface area contributed by atoms with Crippen LogP contribution in [-0.4, -0.2) is 16.5 Å². The van der Waals surface area contributed by atoms with Crippen LogP contribution in [0.1, 0.15) is 5.01 Å². The quantitative estimate of drug-likeness (QED) is 0.424. The first-order valence-corrected chi connectivity index (χ1v) is 6.46. The monoisotopic (exact) mass is 279 g/mol. The third-order valence-corrected chi connectivity index (χ3v) is 3.35. The second-order valence-corrected chi connectivity index (χ2v) is 4.68. The molecule has 0 aliphatic rings. The van der Waals surface area contributed by atoms with Crippen LogP contribution in [0, 0.1) is 10.1 Å². The zero-order valence-electron chi connectivity index (χ0n) is 10.00. The molecule has 0 saturated carbocycles. The van der Waals surface area contributed by atoms with E-state index in [1.54, 1.807) is 35.7 Å². The Morgan fingerprint density at radius 1 is 1.42 bits per heavy atom. The smallest absolute Gasteiger partial charge is 0.316 e. The number of anilines is 2. The van der Waals surface area contributed by atoms with Crippen LogP contribution >= 0.6 is 11.3 Å². The van der Waals surface area contributed by atoms with Gasteiger partial charge in [0.1, 0.15) is 11.4 Å². The summed E-state index contributed by atoms with van der Waals surface area (Å²) in [4.78, 5) is 14.7. The van der Waals surface area contributed by atoms with Crippen LogP contribution in [0.4, 0.5) is 17.1 Å². The van der Waals surface area contributed by atoms with Crippen LogP contribution in [0.2, 0.25) is 0 Å². The number of hydrogen-bond acceptors (Lipinski definition) is 7. The van der Waals surface area contributed by atoms with Gasteiger partial charge >= 0.3 is 5.69 Å². The number of thiazole rings is 1. The van der Waals surface area contributed by atoms with Gasteiger partial charge in [0.05, 0.1) is 9.93 Å². The normalized spacial score (nSPS) is 10.2. The highest BCUT2D eigenvalue weighted by molar-refractivity contribution is 7.09. The van der Waals surface area contributed by atoms with Gasteiger partial charge in [-0.3, -0.25) is 16.0 Å². The molecule has 0 atom stereocenters. The maximum absolute atomic E-state index is 11.1. The lowest BCUT2D eigenvalue weighted by Crippen LogP contribution is -2.12. The van der Waals surface area contributed by atoms with Gasteiger partial charge in [0.15, 0.2) is 0 Å². The Labute approximate surface area is 113 Å². The number of benzene rings is 1. The molecule has 100 valence electrons. The van der Waals surface area contributed by atoms with Crippen LogP contribution < -0.4 is 16.6 Å². The van der Waals surface area contributed by atoms with Gasteiger partial charge < -0.3 is 10.7 Å². The zero-order chi connectivity index (χ0) is 13.7. The Hall–Kier alpha value is -2.19. The number of nitro groups is 1. The summed E-state index contributed by atoms with van der Waals surface area (Å²) in [6, 6.07) is 4.92. The van der Waals surface area contributed by atoms with Crippen molar-refractivity contribution in [2.75, 3.05) is 17.3 Å². The van der Waals surface area contributed by atoms with Crippen molar-refractivity contribution >= 4 is 28.4 Å². The first-order valence-electron chi connectivity index (χ1n) is 5.58. The highest BCUT2D eigenvalue weighted by atomic mass is 32.1. The Kier molecular flexibility index (Phi) is 4.26. The number of hydrazine groups is 1. The Morgan fingerprint density at radius 3 is 2.84 bits per heavy atom. The van der Waals surface area contributed by atoms with E-state index in [4.69, 9.17) is 5.84 Å². The predicted molar refractivity (Wildman–Crippen MR) is 75.2 cm³/mol. The van der Waals surface area contributed by atoms with Crippen LogP contribution in [0.5, 0.6) is 0 Å². The lowest BCUT2D eigenvalue weighted by atomic mass is 10.2. The highest BCUT2D eigenvalue weighted by Gasteiger charge is 2.18. The maximum atomic E-state index is 11.1. The van der Waals surface area contributed by atoms with E-state index in [-0.39, 0.29) is 11.4 Å². The molecule has 4 N–H and O–H groups in total. The predicted octanol–water partition coefficient (Wildman–Crippen LogP) is 1.99. The Bertz CT molecular complexity index is 558. The fraction of sp³-hybridized carbons (Fsp3) is 0.182. The number of rotatable bonds is 6.